The molecule has 0 radical (unpaired) electrons. The van der Waals surface area contributed by atoms with E-state index in [0.29, 0.717) is 0 Å². The van der Waals surface area contributed by atoms with Gasteiger partial charge in [-0.3, -0.25) is 0 Å². The lowest BCUT2D eigenvalue weighted by Crippen LogP contribution is -2.38. The molecule has 1 aliphatic heterocycles. The summed E-state index contributed by atoms with van der Waals surface area (Å²) >= 11 is 0. The van der Waals surface area contributed by atoms with Crippen LogP contribution in [0.25, 0.3) is 0 Å². The summed E-state index contributed by atoms with van der Waals surface area (Å²) in [6.45, 7) is 6.88. The molecule has 0 amide bonds. The van der Waals surface area contributed by atoms with Crippen molar-refractivity contribution in [2.75, 3.05) is 19.6 Å². The molecule has 18 heavy (non-hydrogen) atoms. The minimum Gasteiger partial charge on any atom is -0.348 e. The van der Waals surface area contributed by atoms with Crippen LogP contribution in [-0.2, 0) is 6.54 Å². The number of H-pyrrole nitrogens is 1. The molecule has 0 aliphatic carbocycles. The topological polar surface area (TPSA) is 44.0 Å². The van der Waals surface area contributed by atoms with Gasteiger partial charge in [-0.15, -0.1) is 0 Å². The molecule has 0 saturated carbocycles. The van der Waals surface area contributed by atoms with Crippen LogP contribution in [0.5, 0.6) is 0 Å². The van der Waals surface area contributed by atoms with E-state index in [2.05, 4.69) is 27.1 Å². The molecular formula is C14H26N4. The number of rotatable bonds is 7. The molecule has 4 heteroatoms. The Bertz CT molecular complexity index is 310. The zero-order valence-corrected chi connectivity index (χ0v) is 11.5. The van der Waals surface area contributed by atoms with Crippen molar-refractivity contribution in [3.05, 3.63) is 18.2 Å². The minimum atomic E-state index is 0.801. The molecule has 2 heterocycles. The summed E-state index contributed by atoms with van der Waals surface area (Å²) < 4.78 is 0. The molecule has 0 bridgehead atoms. The quantitative estimate of drug-likeness (QED) is 0.729. The molecule has 2 N–H and O–H groups in total. The van der Waals surface area contributed by atoms with E-state index in [-0.39, 0.29) is 0 Å². The van der Waals surface area contributed by atoms with Crippen molar-refractivity contribution < 1.29 is 0 Å². The van der Waals surface area contributed by atoms with Gasteiger partial charge in [-0.05, 0) is 52.2 Å². The fraction of sp³-hybridized carbons (Fsp3) is 0.786. The van der Waals surface area contributed by atoms with E-state index in [1.807, 2.05) is 6.20 Å². The van der Waals surface area contributed by atoms with Gasteiger partial charge in [0.15, 0.2) is 0 Å². The van der Waals surface area contributed by atoms with Gasteiger partial charge >= 0.3 is 0 Å². The number of unbranched alkanes of at least 4 members (excludes halogenated alkanes) is 1. The zero-order valence-electron chi connectivity index (χ0n) is 11.5. The van der Waals surface area contributed by atoms with Gasteiger partial charge in [0.2, 0.25) is 0 Å². The van der Waals surface area contributed by atoms with Crippen LogP contribution in [0.15, 0.2) is 12.4 Å². The highest BCUT2D eigenvalue weighted by Crippen LogP contribution is 2.16. The lowest BCUT2D eigenvalue weighted by molar-refractivity contribution is 0.158. The van der Waals surface area contributed by atoms with Crippen molar-refractivity contribution in [3.8, 4) is 0 Å². The van der Waals surface area contributed by atoms with Crippen LogP contribution in [-0.4, -0.2) is 40.5 Å². The van der Waals surface area contributed by atoms with Crippen molar-refractivity contribution >= 4 is 0 Å². The predicted octanol–water partition coefficient (Wildman–Crippen LogP) is 2.15. The first-order chi connectivity index (χ1) is 8.86. The summed E-state index contributed by atoms with van der Waals surface area (Å²) in [5.41, 5.74) is 0. The van der Waals surface area contributed by atoms with E-state index in [1.54, 1.807) is 6.20 Å². The monoisotopic (exact) mass is 250 g/mol. The molecule has 1 aliphatic rings. The molecule has 2 rings (SSSR count). The highest BCUT2D eigenvalue weighted by atomic mass is 15.2. The fourth-order valence-electron chi connectivity index (χ4n) is 2.66. The number of likely N-dealkylation sites (tertiary alicyclic amines) is 1. The largest absolute Gasteiger partial charge is 0.348 e. The van der Waals surface area contributed by atoms with Gasteiger partial charge in [0.25, 0.3) is 0 Å². The van der Waals surface area contributed by atoms with Crippen LogP contribution >= 0.6 is 0 Å². The van der Waals surface area contributed by atoms with E-state index in [4.69, 9.17) is 0 Å². The standard InChI is InChI=1S/C14H26N4/c1-13-6-2-4-10-18(13)11-5-3-7-15-12-14-16-8-9-17-14/h8-9,13,15H,2-7,10-12H2,1H3,(H,16,17). The number of nitrogens with one attached hydrogen (secondary N) is 2. The lowest BCUT2D eigenvalue weighted by Gasteiger charge is -2.33. The van der Waals surface area contributed by atoms with Crippen LogP contribution in [0.3, 0.4) is 0 Å². The molecule has 1 aromatic heterocycles. The van der Waals surface area contributed by atoms with Crippen molar-refractivity contribution in [3.63, 3.8) is 0 Å². The Kier molecular flexibility index (Phi) is 5.68. The Hall–Kier alpha value is -0.870. The maximum absolute atomic E-state index is 4.19. The Labute approximate surface area is 110 Å². The second-order valence-electron chi connectivity index (χ2n) is 5.30. The first-order valence-electron chi connectivity index (χ1n) is 7.29. The normalized spacial score (nSPS) is 21.3. The van der Waals surface area contributed by atoms with Gasteiger partial charge in [0.05, 0.1) is 6.54 Å². The second kappa shape index (κ2) is 7.54. The number of aromatic amines is 1. The van der Waals surface area contributed by atoms with Gasteiger partial charge in [0.1, 0.15) is 5.82 Å². The Balaban J connectivity index is 1.48. The number of aromatic nitrogens is 2. The van der Waals surface area contributed by atoms with Crippen LogP contribution in [0.2, 0.25) is 0 Å². The summed E-state index contributed by atoms with van der Waals surface area (Å²) in [7, 11) is 0. The van der Waals surface area contributed by atoms with E-state index < -0.39 is 0 Å². The molecule has 0 aromatic carbocycles. The molecule has 1 aromatic rings. The van der Waals surface area contributed by atoms with E-state index in [9.17, 15) is 0 Å². The molecule has 102 valence electrons. The predicted molar refractivity (Wildman–Crippen MR) is 74.4 cm³/mol. The highest BCUT2D eigenvalue weighted by Gasteiger charge is 2.16. The smallest absolute Gasteiger partial charge is 0.120 e. The summed E-state index contributed by atoms with van der Waals surface area (Å²) in [6.07, 6.45) is 10.4. The third kappa shape index (κ3) is 4.42. The zero-order chi connectivity index (χ0) is 12.6. The van der Waals surface area contributed by atoms with Crippen LogP contribution in [0.1, 0.15) is 44.9 Å². The van der Waals surface area contributed by atoms with E-state index in [1.165, 1.54) is 45.2 Å². The summed E-state index contributed by atoms with van der Waals surface area (Å²) in [5.74, 6) is 1.03. The number of nitrogens with zero attached hydrogens (tertiary/aromatic N) is 2. The Morgan fingerprint density at radius 3 is 3.17 bits per heavy atom. The Morgan fingerprint density at radius 1 is 1.44 bits per heavy atom. The summed E-state index contributed by atoms with van der Waals surface area (Å²) in [6, 6.07) is 0.801. The van der Waals surface area contributed by atoms with Gasteiger partial charge in [0, 0.05) is 18.4 Å². The van der Waals surface area contributed by atoms with Crippen molar-refractivity contribution in [1.82, 2.24) is 20.2 Å². The number of imidazole rings is 1. The van der Waals surface area contributed by atoms with E-state index in [0.717, 1.165) is 25.0 Å². The summed E-state index contributed by atoms with van der Waals surface area (Å²) in [5, 5.41) is 3.42. The van der Waals surface area contributed by atoms with Crippen LogP contribution in [0.4, 0.5) is 0 Å². The highest BCUT2D eigenvalue weighted by molar-refractivity contribution is 4.85. The average molecular weight is 250 g/mol. The lowest BCUT2D eigenvalue weighted by atomic mass is 10.0. The first-order valence-corrected chi connectivity index (χ1v) is 7.29. The fourth-order valence-corrected chi connectivity index (χ4v) is 2.66. The minimum absolute atomic E-state index is 0.801. The molecule has 1 unspecified atom stereocenters. The third-order valence-electron chi connectivity index (χ3n) is 3.84. The molecule has 1 atom stereocenters. The van der Waals surface area contributed by atoms with Crippen molar-refractivity contribution in [1.29, 1.82) is 0 Å². The second-order valence-corrected chi connectivity index (χ2v) is 5.30. The summed E-state index contributed by atoms with van der Waals surface area (Å²) in [4.78, 5) is 9.94. The third-order valence-corrected chi connectivity index (χ3v) is 3.84. The van der Waals surface area contributed by atoms with Gasteiger partial charge in [-0.25, -0.2) is 4.98 Å². The number of hydrogen-bond acceptors (Lipinski definition) is 3. The number of hydrogen-bond donors (Lipinski definition) is 2. The van der Waals surface area contributed by atoms with Gasteiger partial charge in [-0.2, -0.15) is 0 Å². The maximum Gasteiger partial charge on any atom is 0.120 e. The van der Waals surface area contributed by atoms with Crippen molar-refractivity contribution in [2.45, 2.75) is 51.6 Å². The Morgan fingerprint density at radius 2 is 2.39 bits per heavy atom. The maximum atomic E-state index is 4.19. The van der Waals surface area contributed by atoms with Crippen molar-refractivity contribution in [2.24, 2.45) is 0 Å². The van der Waals surface area contributed by atoms with Gasteiger partial charge in [-0.1, -0.05) is 6.42 Å². The molecule has 1 saturated heterocycles. The first kappa shape index (κ1) is 13.6. The molecule has 4 nitrogen and oxygen atoms in total. The van der Waals surface area contributed by atoms with Crippen LogP contribution < -0.4 is 5.32 Å². The van der Waals surface area contributed by atoms with Crippen LogP contribution in [0, 0.1) is 0 Å². The SMILES string of the molecule is CC1CCCCN1CCCCNCc1ncc[nH]1. The number of piperidine rings is 1. The van der Waals surface area contributed by atoms with Gasteiger partial charge < -0.3 is 15.2 Å². The molecular weight excluding hydrogens is 224 g/mol. The van der Waals surface area contributed by atoms with E-state index >= 15 is 0 Å². The molecule has 0 spiro atoms. The molecule has 1 fully saturated rings. The average Bonchev–Trinajstić information content (AvgIpc) is 2.89.